The van der Waals surface area contributed by atoms with Gasteiger partial charge < -0.3 is 24.8 Å². The lowest BCUT2D eigenvalue weighted by molar-refractivity contribution is -0.118. The molecule has 0 heterocycles. The van der Waals surface area contributed by atoms with Crippen LogP contribution in [0.3, 0.4) is 0 Å². The number of carbonyl (C=O) groups is 2. The number of hydrogen-bond donors (Lipinski definition) is 2. The highest BCUT2D eigenvalue weighted by Gasteiger charge is 2.13. The maximum Gasteiger partial charge on any atom is 0.266 e. The van der Waals surface area contributed by atoms with Gasteiger partial charge in [-0.2, -0.15) is 5.26 Å². The van der Waals surface area contributed by atoms with E-state index in [0.717, 1.165) is 0 Å². The Balaban J connectivity index is 1.68. The van der Waals surface area contributed by atoms with Crippen LogP contribution >= 0.6 is 11.6 Å². The zero-order valence-electron chi connectivity index (χ0n) is 19.7. The minimum Gasteiger partial charge on any atom is -0.497 e. The van der Waals surface area contributed by atoms with E-state index in [1.165, 1.54) is 6.08 Å². The van der Waals surface area contributed by atoms with Crippen LogP contribution in [0.1, 0.15) is 12.5 Å². The number of amides is 2. The van der Waals surface area contributed by atoms with Crippen LogP contribution in [0.5, 0.6) is 17.2 Å². The molecule has 0 fully saturated rings. The molecule has 0 aliphatic heterocycles. The zero-order chi connectivity index (χ0) is 25.9. The lowest BCUT2D eigenvalue weighted by Gasteiger charge is -2.13. The number of ether oxygens (including phenoxy) is 3. The summed E-state index contributed by atoms with van der Waals surface area (Å²) >= 11 is 5.86. The van der Waals surface area contributed by atoms with Crippen LogP contribution < -0.4 is 24.8 Å². The number of hydrogen-bond acceptors (Lipinski definition) is 6. The first-order valence-corrected chi connectivity index (χ1v) is 11.3. The van der Waals surface area contributed by atoms with Gasteiger partial charge in [-0.3, -0.25) is 9.59 Å². The van der Waals surface area contributed by atoms with Crippen LogP contribution in [0.25, 0.3) is 6.08 Å². The Morgan fingerprint density at radius 3 is 2.25 bits per heavy atom. The summed E-state index contributed by atoms with van der Waals surface area (Å²) in [7, 11) is 1.57. The topological polar surface area (TPSA) is 110 Å². The quantitative estimate of drug-likeness (QED) is 0.285. The third kappa shape index (κ3) is 7.52. The van der Waals surface area contributed by atoms with E-state index in [1.54, 1.807) is 73.8 Å². The minimum absolute atomic E-state index is 0.0973. The average Bonchev–Trinajstić information content (AvgIpc) is 2.88. The molecule has 3 rings (SSSR count). The third-order valence-electron chi connectivity index (χ3n) is 4.78. The number of methoxy groups -OCH3 is 1. The maximum atomic E-state index is 12.5. The largest absolute Gasteiger partial charge is 0.497 e. The number of carbonyl (C=O) groups excluding carboxylic acids is 2. The van der Waals surface area contributed by atoms with E-state index in [4.69, 9.17) is 25.8 Å². The lowest BCUT2D eigenvalue weighted by Crippen LogP contribution is -2.20. The fourth-order valence-corrected chi connectivity index (χ4v) is 3.19. The molecule has 0 aliphatic carbocycles. The van der Waals surface area contributed by atoms with E-state index in [1.807, 2.05) is 13.0 Å². The van der Waals surface area contributed by atoms with E-state index in [-0.39, 0.29) is 18.1 Å². The second-order valence-electron chi connectivity index (χ2n) is 7.34. The summed E-state index contributed by atoms with van der Waals surface area (Å²) < 4.78 is 16.4. The number of rotatable bonds is 10. The van der Waals surface area contributed by atoms with Gasteiger partial charge in [0.05, 0.1) is 13.7 Å². The van der Waals surface area contributed by atoms with Gasteiger partial charge in [-0.25, -0.2) is 0 Å². The molecule has 3 aromatic rings. The number of halogens is 1. The molecule has 2 amide bonds. The second kappa shape index (κ2) is 12.8. The minimum atomic E-state index is -0.562. The first-order chi connectivity index (χ1) is 17.4. The van der Waals surface area contributed by atoms with Crippen LogP contribution in [0.15, 0.2) is 72.3 Å². The van der Waals surface area contributed by atoms with E-state index in [9.17, 15) is 14.9 Å². The predicted octanol–water partition coefficient (Wildman–Crippen LogP) is 5.31. The Kier molecular flexibility index (Phi) is 9.32. The van der Waals surface area contributed by atoms with Crippen LogP contribution in [-0.4, -0.2) is 32.1 Å². The first kappa shape index (κ1) is 26.1. The summed E-state index contributed by atoms with van der Waals surface area (Å²) in [4.78, 5) is 24.8. The molecule has 3 aromatic carbocycles. The van der Waals surface area contributed by atoms with Crippen molar-refractivity contribution in [3.05, 3.63) is 82.9 Å². The molecule has 9 heteroatoms. The molecular formula is C27H24ClN3O5. The summed E-state index contributed by atoms with van der Waals surface area (Å²) in [5, 5.41) is 15.4. The van der Waals surface area contributed by atoms with Gasteiger partial charge in [0.2, 0.25) is 0 Å². The summed E-state index contributed by atoms with van der Waals surface area (Å²) in [5.41, 5.74) is 1.57. The molecule has 0 bridgehead atoms. The van der Waals surface area contributed by atoms with E-state index < -0.39 is 5.91 Å². The van der Waals surface area contributed by atoms with Crippen LogP contribution in [0.2, 0.25) is 5.02 Å². The van der Waals surface area contributed by atoms with Gasteiger partial charge in [0, 0.05) is 16.4 Å². The SMILES string of the molecule is CCOc1cc(/C=C(/C#N)C(=O)Nc2ccc(Cl)cc2)ccc1OCC(=O)Nc1ccc(OC)cc1. The molecule has 0 unspecified atom stereocenters. The van der Waals surface area contributed by atoms with Crippen LogP contribution in [-0.2, 0) is 9.59 Å². The predicted molar refractivity (Wildman–Crippen MR) is 138 cm³/mol. The Labute approximate surface area is 214 Å². The molecule has 184 valence electrons. The average molecular weight is 506 g/mol. The maximum absolute atomic E-state index is 12.5. The normalized spacial score (nSPS) is 10.7. The monoisotopic (exact) mass is 505 g/mol. The van der Waals surface area contributed by atoms with Crippen molar-refractivity contribution in [1.82, 2.24) is 0 Å². The fraction of sp³-hybridized carbons (Fsp3) is 0.148. The van der Waals surface area contributed by atoms with Gasteiger partial charge in [0.15, 0.2) is 18.1 Å². The van der Waals surface area contributed by atoms with Gasteiger partial charge in [-0.15, -0.1) is 0 Å². The highest BCUT2D eigenvalue weighted by atomic mass is 35.5. The number of nitriles is 1. The zero-order valence-corrected chi connectivity index (χ0v) is 20.5. The Bertz CT molecular complexity index is 1280. The van der Waals surface area contributed by atoms with Gasteiger partial charge >= 0.3 is 0 Å². The molecule has 0 saturated carbocycles. The van der Waals surface area contributed by atoms with Crippen molar-refractivity contribution in [2.75, 3.05) is 31.0 Å². The highest BCUT2D eigenvalue weighted by molar-refractivity contribution is 6.30. The Hall–Kier alpha value is -4.48. The van der Waals surface area contributed by atoms with Crippen molar-refractivity contribution < 1.29 is 23.8 Å². The molecule has 0 atom stereocenters. The van der Waals surface area contributed by atoms with Gasteiger partial charge in [-0.05, 0) is 79.2 Å². The van der Waals surface area contributed by atoms with Crippen molar-refractivity contribution in [3.8, 4) is 23.3 Å². The Morgan fingerprint density at radius 2 is 1.61 bits per heavy atom. The number of nitrogens with zero attached hydrogens (tertiary/aromatic N) is 1. The van der Waals surface area contributed by atoms with Gasteiger partial charge in [0.1, 0.15) is 17.4 Å². The van der Waals surface area contributed by atoms with E-state index in [0.29, 0.717) is 45.8 Å². The highest BCUT2D eigenvalue weighted by Crippen LogP contribution is 2.29. The second-order valence-corrected chi connectivity index (χ2v) is 7.77. The molecule has 0 radical (unpaired) electrons. The molecule has 36 heavy (non-hydrogen) atoms. The van der Waals surface area contributed by atoms with Crippen molar-refractivity contribution in [3.63, 3.8) is 0 Å². The molecule has 0 spiro atoms. The smallest absolute Gasteiger partial charge is 0.266 e. The van der Waals surface area contributed by atoms with E-state index in [2.05, 4.69) is 10.6 Å². The number of nitrogens with one attached hydrogen (secondary N) is 2. The molecule has 0 aromatic heterocycles. The molecular weight excluding hydrogens is 482 g/mol. The Morgan fingerprint density at radius 1 is 0.944 bits per heavy atom. The molecule has 2 N–H and O–H groups in total. The van der Waals surface area contributed by atoms with Gasteiger partial charge in [0.25, 0.3) is 11.8 Å². The van der Waals surface area contributed by atoms with Crippen molar-refractivity contribution >= 4 is 40.9 Å². The van der Waals surface area contributed by atoms with Crippen LogP contribution in [0.4, 0.5) is 11.4 Å². The molecule has 8 nitrogen and oxygen atoms in total. The van der Waals surface area contributed by atoms with Crippen molar-refractivity contribution in [2.45, 2.75) is 6.92 Å². The third-order valence-corrected chi connectivity index (χ3v) is 5.03. The summed E-state index contributed by atoms with van der Waals surface area (Å²) in [6, 6.07) is 20.3. The number of benzene rings is 3. The van der Waals surface area contributed by atoms with Gasteiger partial charge in [-0.1, -0.05) is 17.7 Å². The summed E-state index contributed by atoms with van der Waals surface area (Å²) in [6.07, 6.45) is 1.44. The van der Waals surface area contributed by atoms with Crippen molar-refractivity contribution in [2.24, 2.45) is 0 Å². The number of anilines is 2. The summed E-state index contributed by atoms with van der Waals surface area (Å²) in [6.45, 7) is 1.92. The fourth-order valence-electron chi connectivity index (χ4n) is 3.06. The van der Waals surface area contributed by atoms with E-state index >= 15 is 0 Å². The molecule has 0 aliphatic rings. The lowest BCUT2D eigenvalue weighted by atomic mass is 10.1. The van der Waals surface area contributed by atoms with Crippen molar-refractivity contribution in [1.29, 1.82) is 5.26 Å². The first-order valence-electron chi connectivity index (χ1n) is 10.9. The molecule has 0 saturated heterocycles. The summed E-state index contributed by atoms with van der Waals surface area (Å²) in [5.74, 6) is 0.495. The standard InChI is InChI=1S/C27H24ClN3O5/c1-3-35-25-15-18(14-19(16-29)27(33)31-22-7-5-20(28)6-8-22)4-13-24(25)36-17-26(32)30-21-9-11-23(34-2)12-10-21/h4-15H,3,17H2,1-2H3,(H,30,32)(H,31,33)/b19-14-. The van der Waals surface area contributed by atoms with Crippen LogP contribution in [0, 0.1) is 11.3 Å².